The molecule has 1 aliphatic rings. The summed E-state index contributed by atoms with van der Waals surface area (Å²) in [6.07, 6.45) is 3.19. The Hall–Kier alpha value is -3.41. The number of piperidine rings is 1. The lowest BCUT2D eigenvalue weighted by Crippen LogP contribution is -2.45. The molecule has 6 heteroatoms. The molecule has 6 nitrogen and oxygen atoms in total. The van der Waals surface area contributed by atoms with Crippen molar-refractivity contribution in [1.82, 2.24) is 14.7 Å². The van der Waals surface area contributed by atoms with Gasteiger partial charge in [-0.25, -0.2) is 4.68 Å². The first kappa shape index (κ1) is 20.8. The molecule has 2 heterocycles. The number of aromatic nitrogens is 2. The maximum Gasteiger partial charge on any atom is 0.279 e. The number of anilines is 1. The lowest BCUT2D eigenvalue weighted by Gasteiger charge is -2.30. The maximum atomic E-state index is 13.5. The number of amides is 2. The van der Waals surface area contributed by atoms with Crippen LogP contribution in [0.4, 0.5) is 5.69 Å². The van der Waals surface area contributed by atoms with Crippen LogP contribution in [0.3, 0.4) is 0 Å². The van der Waals surface area contributed by atoms with Gasteiger partial charge in [-0.05, 0) is 63.4 Å². The number of benzene rings is 2. The number of rotatable bonds is 5. The Balaban J connectivity index is 1.64. The van der Waals surface area contributed by atoms with Crippen LogP contribution in [0, 0.1) is 13.8 Å². The quantitative estimate of drug-likeness (QED) is 0.628. The van der Waals surface area contributed by atoms with Crippen molar-refractivity contribution in [1.29, 1.82) is 0 Å². The number of carbonyl (C=O) groups is 2. The topological polar surface area (TPSA) is 58.4 Å². The van der Waals surface area contributed by atoms with E-state index in [1.165, 1.54) is 0 Å². The summed E-state index contributed by atoms with van der Waals surface area (Å²) < 4.78 is 1.76. The van der Waals surface area contributed by atoms with Crippen molar-refractivity contribution in [3.8, 4) is 5.69 Å². The van der Waals surface area contributed by atoms with Crippen LogP contribution in [-0.4, -0.2) is 46.1 Å². The lowest BCUT2D eigenvalue weighted by atomic mass is 10.1. The molecule has 1 aromatic heterocycles. The van der Waals surface area contributed by atoms with Gasteiger partial charge in [0.1, 0.15) is 6.54 Å². The number of nitrogens with zero attached hydrogens (tertiary/aromatic N) is 4. The Bertz CT molecular complexity index is 1050. The SMILES string of the molecule is Cc1ccc(N(CC(=O)N2CCCCC2)C(=O)c2cc(C)n(-c3ccccc3)n2)cc1. The molecular weight excluding hydrogens is 388 g/mol. The van der Waals surface area contributed by atoms with Crippen molar-refractivity contribution >= 4 is 17.5 Å². The number of aryl methyl sites for hydroxylation is 2. The highest BCUT2D eigenvalue weighted by molar-refractivity contribution is 6.07. The highest BCUT2D eigenvalue weighted by atomic mass is 16.2. The fraction of sp³-hybridized carbons (Fsp3) is 0.320. The van der Waals surface area contributed by atoms with E-state index in [4.69, 9.17) is 0 Å². The third kappa shape index (κ3) is 4.68. The molecule has 1 fully saturated rings. The van der Waals surface area contributed by atoms with Crippen molar-refractivity contribution in [2.75, 3.05) is 24.5 Å². The zero-order chi connectivity index (χ0) is 21.8. The van der Waals surface area contributed by atoms with Gasteiger partial charge in [0.25, 0.3) is 5.91 Å². The second kappa shape index (κ2) is 9.16. The van der Waals surface area contributed by atoms with Crippen LogP contribution in [-0.2, 0) is 4.79 Å². The summed E-state index contributed by atoms with van der Waals surface area (Å²) in [5, 5.41) is 4.56. The Morgan fingerprint density at radius 3 is 2.29 bits per heavy atom. The van der Waals surface area contributed by atoms with E-state index < -0.39 is 0 Å². The Morgan fingerprint density at radius 2 is 1.61 bits per heavy atom. The summed E-state index contributed by atoms with van der Waals surface area (Å²) >= 11 is 0. The monoisotopic (exact) mass is 416 g/mol. The van der Waals surface area contributed by atoms with Crippen LogP contribution in [0.25, 0.3) is 5.69 Å². The molecule has 0 unspecified atom stereocenters. The molecule has 1 saturated heterocycles. The molecule has 0 spiro atoms. The van der Waals surface area contributed by atoms with Gasteiger partial charge in [0.2, 0.25) is 5.91 Å². The summed E-state index contributed by atoms with van der Waals surface area (Å²) in [4.78, 5) is 29.9. The van der Waals surface area contributed by atoms with E-state index in [9.17, 15) is 9.59 Å². The van der Waals surface area contributed by atoms with Gasteiger partial charge >= 0.3 is 0 Å². The first-order valence-electron chi connectivity index (χ1n) is 10.8. The summed E-state index contributed by atoms with van der Waals surface area (Å²) in [7, 11) is 0. The van der Waals surface area contributed by atoms with Crippen LogP contribution in [0.2, 0.25) is 0 Å². The number of hydrogen-bond donors (Lipinski definition) is 0. The van der Waals surface area contributed by atoms with Crippen LogP contribution in [0.15, 0.2) is 60.7 Å². The molecule has 3 aromatic rings. The van der Waals surface area contributed by atoms with Crippen LogP contribution in [0.5, 0.6) is 0 Å². The van der Waals surface area contributed by atoms with Crippen LogP contribution in [0.1, 0.15) is 41.0 Å². The molecule has 0 radical (unpaired) electrons. The van der Waals surface area contributed by atoms with E-state index in [1.54, 1.807) is 15.6 Å². The van der Waals surface area contributed by atoms with E-state index in [0.29, 0.717) is 11.4 Å². The van der Waals surface area contributed by atoms with Gasteiger partial charge in [-0.2, -0.15) is 5.10 Å². The third-order valence-electron chi connectivity index (χ3n) is 5.70. The molecule has 0 aliphatic carbocycles. The minimum absolute atomic E-state index is 0.0130. The van der Waals surface area contributed by atoms with Gasteiger partial charge in [0, 0.05) is 24.5 Å². The summed E-state index contributed by atoms with van der Waals surface area (Å²) in [5.41, 5.74) is 3.88. The molecule has 2 aromatic carbocycles. The van der Waals surface area contributed by atoms with Crippen LogP contribution >= 0.6 is 0 Å². The zero-order valence-electron chi connectivity index (χ0n) is 18.1. The molecule has 0 N–H and O–H groups in total. The molecule has 0 bridgehead atoms. The molecule has 0 atom stereocenters. The fourth-order valence-electron chi connectivity index (χ4n) is 3.93. The van der Waals surface area contributed by atoms with Gasteiger partial charge in [-0.15, -0.1) is 0 Å². The van der Waals surface area contributed by atoms with Gasteiger partial charge in [0.05, 0.1) is 5.69 Å². The smallest absolute Gasteiger partial charge is 0.279 e. The van der Waals surface area contributed by atoms with Crippen molar-refractivity contribution in [3.05, 3.63) is 77.6 Å². The normalized spacial score (nSPS) is 13.8. The Kier molecular flexibility index (Phi) is 6.16. The van der Waals surface area contributed by atoms with Crippen molar-refractivity contribution in [3.63, 3.8) is 0 Å². The summed E-state index contributed by atoms with van der Waals surface area (Å²) in [5.74, 6) is -0.292. The molecular formula is C25H28N4O2. The van der Waals surface area contributed by atoms with E-state index >= 15 is 0 Å². The Labute approximate surface area is 183 Å². The van der Waals surface area contributed by atoms with E-state index in [0.717, 1.165) is 49.3 Å². The number of carbonyl (C=O) groups excluding carboxylic acids is 2. The average Bonchev–Trinajstić information content (AvgIpc) is 3.20. The minimum Gasteiger partial charge on any atom is -0.341 e. The van der Waals surface area contributed by atoms with E-state index in [2.05, 4.69) is 5.10 Å². The zero-order valence-corrected chi connectivity index (χ0v) is 18.1. The largest absolute Gasteiger partial charge is 0.341 e. The predicted octanol–water partition coefficient (Wildman–Crippen LogP) is 4.15. The van der Waals surface area contributed by atoms with Crippen molar-refractivity contribution < 1.29 is 9.59 Å². The van der Waals surface area contributed by atoms with E-state index in [-0.39, 0.29) is 18.4 Å². The second-order valence-electron chi connectivity index (χ2n) is 8.09. The second-order valence-corrected chi connectivity index (χ2v) is 8.09. The third-order valence-corrected chi connectivity index (χ3v) is 5.70. The number of para-hydroxylation sites is 1. The number of likely N-dealkylation sites (tertiary alicyclic amines) is 1. The molecule has 160 valence electrons. The fourth-order valence-corrected chi connectivity index (χ4v) is 3.93. The van der Waals surface area contributed by atoms with Crippen LogP contribution < -0.4 is 4.90 Å². The molecule has 0 saturated carbocycles. The van der Waals surface area contributed by atoms with E-state index in [1.807, 2.05) is 73.3 Å². The predicted molar refractivity (Wildman–Crippen MR) is 122 cm³/mol. The molecule has 2 amide bonds. The molecule has 31 heavy (non-hydrogen) atoms. The standard InChI is InChI=1S/C25H28N4O2/c1-19-11-13-21(14-12-19)28(18-24(30)27-15-7-4-8-16-27)25(31)23-17-20(2)29(26-23)22-9-5-3-6-10-22/h3,5-6,9-14,17H,4,7-8,15-16,18H2,1-2H3. The molecule has 4 rings (SSSR count). The Morgan fingerprint density at radius 1 is 0.935 bits per heavy atom. The maximum absolute atomic E-state index is 13.5. The van der Waals surface area contributed by atoms with Gasteiger partial charge in [-0.1, -0.05) is 35.9 Å². The molecule has 1 aliphatic heterocycles. The van der Waals surface area contributed by atoms with Gasteiger partial charge < -0.3 is 4.90 Å². The summed E-state index contributed by atoms with van der Waals surface area (Å²) in [6.45, 7) is 5.46. The average molecular weight is 417 g/mol. The minimum atomic E-state index is -0.271. The highest BCUT2D eigenvalue weighted by Gasteiger charge is 2.26. The van der Waals surface area contributed by atoms with Crippen molar-refractivity contribution in [2.45, 2.75) is 33.1 Å². The van der Waals surface area contributed by atoms with Crippen molar-refractivity contribution in [2.24, 2.45) is 0 Å². The summed E-state index contributed by atoms with van der Waals surface area (Å²) in [6, 6.07) is 19.2. The lowest BCUT2D eigenvalue weighted by molar-refractivity contribution is -0.130. The first-order valence-corrected chi connectivity index (χ1v) is 10.8. The first-order chi connectivity index (χ1) is 15.0. The highest BCUT2D eigenvalue weighted by Crippen LogP contribution is 2.20. The van der Waals surface area contributed by atoms with Gasteiger partial charge in [0.15, 0.2) is 5.69 Å². The number of hydrogen-bond acceptors (Lipinski definition) is 3. The van der Waals surface area contributed by atoms with Gasteiger partial charge in [-0.3, -0.25) is 14.5 Å².